The van der Waals surface area contributed by atoms with Gasteiger partial charge in [-0.05, 0) is 30.4 Å². The number of amides is 1. The fourth-order valence-electron chi connectivity index (χ4n) is 3.19. The number of halogens is 2. The van der Waals surface area contributed by atoms with Gasteiger partial charge in [0.2, 0.25) is 5.91 Å². The number of hydrogen-bond donors (Lipinski definition) is 0. The first-order chi connectivity index (χ1) is 11.5. The van der Waals surface area contributed by atoms with Crippen LogP contribution in [0.5, 0.6) is 0 Å². The molecule has 1 fully saturated rings. The van der Waals surface area contributed by atoms with Crippen molar-refractivity contribution >= 4 is 5.91 Å². The minimum Gasteiger partial charge on any atom is -0.343 e. The molecular formula is C17H20F2N4O. The maximum Gasteiger partial charge on any atom is 0.223 e. The van der Waals surface area contributed by atoms with Gasteiger partial charge in [0.15, 0.2) is 0 Å². The SMILES string of the molecule is C[C@@H](CC(=O)N1CCC(n2ccnn2)CC1)c1ccc(F)cc1F. The summed E-state index contributed by atoms with van der Waals surface area (Å²) in [6.45, 7) is 3.10. The molecule has 128 valence electrons. The lowest BCUT2D eigenvalue weighted by Crippen LogP contribution is -2.39. The van der Waals surface area contributed by atoms with Crippen molar-refractivity contribution in [1.82, 2.24) is 19.9 Å². The number of nitrogens with zero attached hydrogens (tertiary/aromatic N) is 4. The lowest BCUT2D eigenvalue weighted by atomic mass is 9.95. The summed E-state index contributed by atoms with van der Waals surface area (Å²) < 4.78 is 28.6. The molecule has 0 radical (unpaired) electrons. The second-order valence-corrected chi connectivity index (χ2v) is 6.27. The molecule has 3 rings (SSSR count). The molecule has 0 aliphatic carbocycles. The summed E-state index contributed by atoms with van der Waals surface area (Å²) in [5, 5.41) is 7.81. The van der Waals surface area contributed by atoms with Gasteiger partial charge < -0.3 is 4.90 Å². The maximum absolute atomic E-state index is 13.8. The van der Waals surface area contributed by atoms with Crippen molar-refractivity contribution in [1.29, 1.82) is 0 Å². The van der Waals surface area contributed by atoms with Gasteiger partial charge in [-0.25, -0.2) is 13.5 Å². The Morgan fingerprint density at radius 1 is 1.33 bits per heavy atom. The molecule has 0 spiro atoms. The number of rotatable bonds is 4. The maximum atomic E-state index is 13.8. The number of aromatic nitrogens is 3. The zero-order valence-corrected chi connectivity index (χ0v) is 13.5. The van der Waals surface area contributed by atoms with Crippen LogP contribution in [0.2, 0.25) is 0 Å². The summed E-state index contributed by atoms with van der Waals surface area (Å²) in [4.78, 5) is 14.3. The Labute approximate surface area is 139 Å². The van der Waals surface area contributed by atoms with E-state index in [1.54, 1.807) is 13.1 Å². The molecular weight excluding hydrogens is 314 g/mol. The van der Waals surface area contributed by atoms with Crippen molar-refractivity contribution in [3.05, 3.63) is 47.8 Å². The van der Waals surface area contributed by atoms with E-state index in [0.717, 1.165) is 18.9 Å². The largest absolute Gasteiger partial charge is 0.343 e. The Morgan fingerprint density at radius 3 is 2.71 bits per heavy atom. The Morgan fingerprint density at radius 2 is 2.08 bits per heavy atom. The molecule has 1 amide bonds. The van der Waals surface area contributed by atoms with Crippen molar-refractivity contribution in [2.24, 2.45) is 0 Å². The zero-order chi connectivity index (χ0) is 17.1. The summed E-state index contributed by atoms with van der Waals surface area (Å²) in [6.07, 6.45) is 5.36. The van der Waals surface area contributed by atoms with E-state index in [1.807, 2.05) is 15.8 Å². The summed E-state index contributed by atoms with van der Waals surface area (Å²) in [6, 6.07) is 3.77. The standard InChI is InChI=1S/C17H20F2N4O/c1-12(15-3-2-13(18)11-16(15)19)10-17(24)22-7-4-14(5-8-22)23-9-6-20-21-23/h2-3,6,9,11-12,14H,4-5,7-8,10H2,1H3/t12-/m0/s1. The van der Waals surface area contributed by atoms with E-state index in [9.17, 15) is 13.6 Å². The van der Waals surface area contributed by atoms with Crippen molar-refractivity contribution in [3.63, 3.8) is 0 Å². The van der Waals surface area contributed by atoms with Crippen LogP contribution in [-0.2, 0) is 4.79 Å². The van der Waals surface area contributed by atoms with Gasteiger partial charge in [0.1, 0.15) is 11.6 Å². The van der Waals surface area contributed by atoms with Crippen molar-refractivity contribution < 1.29 is 13.6 Å². The molecule has 0 bridgehead atoms. The van der Waals surface area contributed by atoms with Crippen LogP contribution in [0, 0.1) is 11.6 Å². The number of likely N-dealkylation sites (tertiary alicyclic amines) is 1. The monoisotopic (exact) mass is 334 g/mol. The number of hydrogen-bond acceptors (Lipinski definition) is 3. The second-order valence-electron chi connectivity index (χ2n) is 6.27. The van der Waals surface area contributed by atoms with Crippen LogP contribution in [0.4, 0.5) is 8.78 Å². The van der Waals surface area contributed by atoms with E-state index in [0.29, 0.717) is 18.7 Å². The minimum atomic E-state index is -0.607. The molecule has 24 heavy (non-hydrogen) atoms. The Hall–Kier alpha value is -2.31. The van der Waals surface area contributed by atoms with Crippen LogP contribution in [0.3, 0.4) is 0 Å². The summed E-state index contributed by atoms with van der Waals surface area (Å²) in [5.74, 6) is -1.49. The topological polar surface area (TPSA) is 51.0 Å². The molecule has 1 aromatic carbocycles. The van der Waals surface area contributed by atoms with Crippen LogP contribution in [0.15, 0.2) is 30.6 Å². The molecule has 1 aliphatic rings. The molecule has 2 heterocycles. The molecule has 2 aromatic rings. The third-order valence-electron chi connectivity index (χ3n) is 4.61. The number of piperidine rings is 1. The van der Waals surface area contributed by atoms with E-state index >= 15 is 0 Å². The molecule has 0 saturated carbocycles. The van der Waals surface area contributed by atoms with Crippen molar-refractivity contribution in [3.8, 4) is 0 Å². The van der Waals surface area contributed by atoms with Gasteiger partial charge in [0, 0.05) is 31.8 Å². The highest BCUT2D eigenvalue weighted by molar-refractivity contribution is 5.77. The number of carbonyl (C=O) groups is 1. The molecule has 1 aliphatic heterocycles. The summed E-state index contributed by atoms with van der Waals surface area (Å²) in [7, 11) is 0. The first kappa shape index (κ1) is 16.5. The van der Waals surface area contributed by atoms with Crippen molar-refractivity contribution in [2.75, 3.05) is 13.1 Å². The minimum absolute atomic E-state index is 0.00302. The molecule has 7 heteroatoms. The molecule has 1 saturated heterocycles. The van der Waals surface area contributed by atoms with Gasteiger partial charge in [-0.1, -0.05) is 18.2 Å². The lowest BCUT2D eigenvalue weighted by Gasteiger charge is -2.32. The van der Waals surface area contributed by atoms with E-state index in [2.05, 4.69) is 10.3 Å². The quantitative estimate of drug-likeness (QED) is 0.864. The van der Waals surface area contributed by atoms with Crippen LogP contribution in [0.1, 0.15) is 43.7 Å². The van der Waals surface area contributed by atoms with Crippen LogP contribution >= 0.6 is 0 Å². The third kappa shape index (κ3) is 3.60. The smallest absolute Gasteiger partial charge is 0.223 e. The fourth-order valence-corrected chi connectivity index (χ4v) is 3.19. The predicted molar refractivity (Wildman–Crippen MR) is 84.3 cm³/mol. The molecule has 1 aromatic heterocycles. The first-order valence-corrected chi connectivity index (χ1v) is 8.13. The summed E-state index contributed by atoms with van der Waals surface area (Å²) in [5.41, 5.74) is 0.377. The molecule has 5 nitrogen and oxygen atoms in total. The van der Waals surface area contributed by atoms with E-state index in [1.165, 1.54) is 12.1 Å². The lowest BCUT2D eigenvalue weighted by molar-refractivity contribution is -0.132. The summed E-state index contributed by atoms with van der Waals surface area (Å²) >= 11 is 0. The van der Waals surface area contributed by atoms with Gasteiger partial charge in [-0.3, -0.25) is 4.79 Å². The van der Waals surface area contributed by atoms with Gasteiger partial charge >= 0.3 is 0 Å². The van der Waals surface area contributed by atoms with Gasteiger partial charge in [0.05, 0.1) is 12.2 Å². The van der Waals surface area contributed by atoms with E-state index in [-0.39, 0.29) is 24.3 Å². The Kier molecular flexibility index (Phi) is 4.87. The average Bonchev–Trinajstić information content (AvgIpc) is 3.09. The second kappa shape index (κ2) is 7.07. The fraction of sp³-hybridized carbons (Fsp3) is 0.471. The predicted octanol–water partition coefficient (Wildman–Crippen LogP) is 2.91. The van der Waals surface area contributed by atoms with Gasteiger partial charge in [-0.15, -0.1) is 5.10 Å². The molecule has 0 unspecified atom stereocenters. The Balaban J connectivity index is 1.55. The average molecular weight is 334 g/mol. The highest BCUT2D eigenvalue weighted by atomic mass is 19.1. The van der Waals surface area contributed by atoms with E-state index < -0.39 is 11.6 Å². The first-order valence-electron chi connectivity index (χ1n) is 8.13. The zero-order valence-electron chi connectivity index (χ0n) is 13.5. The number of benzene rings is 1. The Bertz CT molecular complexity index is 697. The van der Waals surface area contributed by atoms with Crippen LogP contribution in [0.25, 0.3) is 0 Å². The highest BCUT2D eigenvalue weighted by Crippen LogP contribution is 2.26. The highest BCUT2D eigenvalue weighted by Gasteiger charge is 2.26. The van der Waals surface area contributed by atoms with Crippen LogP contribution < -0.4 is 0 Å². The van der Waals surface area contributed by atoms with Gasteiger partial charge in [0.25, 0.3) is 0 Å². The molecule has 1 atom stereocenters. The third-order valence-corrected chi connectivity index (χ3v) is 4.61. The van der Waals surface area contributed by atoms with Crippen LogP contribution in [-0.4, -0.2) is 38.9 Å². The number of carbonyl (C=O) groups excluding carboxylic acids is 1. The normalized spacial score (nSPS) is 17.0. The van der Waals surface area contributed by atoms with E-state index in [4.69, 9.17) is 0 Å². The van der Waals surface area contributed by atoms with Gasteiger partial charge in [-0.2, -0.15) is 0 Å². The molecule has 0 N–H and O–H groups in total. The van der Waals surface area contributed by atoms with Crippen molar-refractivity contribution in [2.45, 2.75) is 38.1 Å².